The molecule has 1 fully saturated rings. The molecule has 1 saturated heterocycles. The van der Waals surface area contributed by atoms with Crippen LogP contribution in [0.5, 0.6) is 0 Å². The number of fused-ring (bicyclic) bond motifs is 1. The lowest BCUT2D eigenvalue weighted by Crippen LogP contribution is -2.50. The third kappa shape index (κ3) is 3.10. The predicted octanol–water partition coefficient (Wildman–Crippen LogP) is 1.70. The Balaban J connectivity index is 2.00. The predicted molar refractivity (Wildman–Crippen MR) is 95.5 cm³/mol. The van der Waals surface area contributed by atoms with E-state index in [-0.39, 0.29) is 17.7 Å². The Labute approximate surface area is 147 Å². The molecule has 0 radical (unpaired) electrons. The molecule has 2 aromatic heterocycles. The zero-order chi connectivity index (χ0) is 18.3. The molecule has 0 atom stereocenters. The molecule has 0 unspecified atom stereocenters. The second-order valence-corrected chi connectivity index (χ2v) is 6.96. The minimum absolute atomic E-state index is 0.00592. The Kier molecular flexibility index (Phi) is 4.49. The van der Waals surface area contributed by atoms with Crippen molar-refractivity contribution in [1.29, 1.82) is 0 Å². The first-order valence-corrected chi connectivity index (χ1v) is 8.68. The fourth-order valence-corrected chi connectivity index (χ4v) is 3.32. The van der Waals surface area contributed by atoms with Gasteiger partial charge in [0.2, 0.25) is 5.91 Å². The number of aromatic nitrogens is 3. The molecule has 2 aromatic rings. The third-order valence-electron chi connectivity index (χ3n) is 4.82. The van der Waals surface area contributed by atoms with E-state index in [0.29, 0.717) is 31.7 Å². The topological polar surface area (TPSA) is 71.3 Å². The average Bonchev–Trinajstić information content (AvgIpc) is 2.88. The van der Waals surface area contributed by atoms with Crippen LogP contribution in [0.4, 0.5) is 0 Å². The minimum Gasteiger partial charge on any atom is -0.339 e. The number of pyridine rings is 1. The Hall–Kier alpha value is -2.44. The van der Waals surface area contributed by atoms with Crippen molar-refractivity contribution in [3.8, 4) is 0 Å². The van der Waals surface area contributed by atoms with Crippen LogP contribution in [0.15, 0.2) is 6.07 Å². The maximum Gasteiger partial charge on any atom is 0.254 e. The highest BCUT2D eigenvalue weighted by atomic mass is 16.2. The van der Waals surface area contributed by atoms with E-state index in [1.54, 1.807) is 16.5 Å². The van der Waals surface area contributed by atoms with Crippen LogP contribution in [0.1, 0.15) is 48.4 Å². The molecular formula is C18H25N5O2. The number of carbonyl (C=O) groups is 2. The number of rotatable bonds is 2. The minimum atomic E-state index is -0.00592. The van der Waals surface area contributed by atoms with Gasteiger partial charge >= 0.3 is 0 Å². The lowest BCUT2D eigenvalue weighted by atomic mass is 10.0. The van der Waals surface area contributed by atoms with E-state index >= 15 is 0 Å². The molecule has 0 bridgehead atoms. The molecule has 3 heterocycles. The lowest BCUT2D eigenvalue weighted by Gasteiger charge is -2.34. The fraction of sp³-hybridized carbons (Fsp3) is 0.556. The number of hydrogen-bond acceptors (Lipinski definition) is 4. The molecule has 0 N–H and O–H groups in total. The van der Waals surface area contributed by atoms with E-state index in [1.165, 1.54) is 0 Å². The summed E-state index contributed by atoms with van der Waals surface area (Å²) in [5, 5.41) is 5.27. The highest BCUT2D eigenvalue weighted by molar-refractivity contribution is 6.06. The third-order valence-corrected chi connectivity index (χ3v) is 4.82. The summed E-state index contributed by atoms with van der Waals surface area (Å²) in [6, 6.07) is 1.90. The summed E-state index contributed by atoms with van der Waals surface area (Å²) in [4.78, 5) is 33.0. The van der Waals surface area contributed by atoms with Gasteiger partial charge in [0.25, 0.3) is 5.91 Å². The van der Waals surface area contributed by atoms with E-state index in [0.717, 1.165) is 22.4 Å². The molecule has 7 nitrogen and oxygen atoms in total. The number of carbonyl (C=O) groups excluding carboxylic acids is 2. The highest BCUT2D eigenvalue weighted by Crippen LogP contribution is 2.26. The van der Waals surface area contributed by atoms with Crippen LogP contribution in [0, 0.1) is 6.92 Å². The SMILES string of the molecule is CC(=O)N1CCN(C(=O)c2cc(C(C)C)nc3c2c(C)nn3C)CC1. The second kappa shape index (κ2) is 6.46. The Bertz CT molecular complexity index is 832. The van der Waals surface area contributed by atoms with Crippen molar-refractivity contribution in [3.63, 3.8) is 0 Å². The maximum absolute atomic E-state index is 13.2. The van der Waals surface area contributed by atoms with Crippen LogP contribution >= 0.6 is 0 Å². The fourth-order valence-electron chi connectivity index (χ4n) is 3.32. The van der Waals surface area contributed by atoms with Crippen LogP contribution in [-0.2, 0) is 11.8 Å². The molecule has 0 saturated carbocycles. The van der Waals surface area contributed by atoms with E-state index < -0.39 is 0 Å². The molecule has 0 spiro atoms. The molecule has 25 heavy (non-hydrogen) atoms. The standard InChI is InChI=1S/C18H25N5O2/c1-11(2)15-10-14(16-12(3)20-21(5)17(16)19-15)18(25)23-8-6-22(7-9-23)13(4)24/h10-11H,6-9H2,1-5H3. The number of amides is 2. The van der Waals surface area contributed by atoms with Gasteiger partial charge in [-0.05, 0) is 18.9 Å². The summed E-state index contributed by atoms with van der Waals surface area (Å²) in [5.74, 6) is 0.276. The van der Waals surface area contributed by atoms with Gasteiger partial charge < -0.3 is 9.80 Å². The van der Waals surface area contributed by atoms with E-state index in [4.69, 9.17) is 4.98 Å². The van der Waals surface area contributed by atoms with E-state index in [2.05, 4.69) is 18.9 Å². The van der Waals surface area contributed by atoms with Crippen molar-refractivity contribution >= 4 is 22.8 Å². The molecule has 134 valence electrons. The van der Waals surface area contributed by atoms with Gasteiger partial charge in [-0.1, -0.05) is 13.8 Å². The summed E-state index contributed by atoms with van der Waals surface area (Å²) in [6.07, 6.45) is 0. The number of hydrogen-bond donors (Lipinski definition) is 0. The van der Waals surface area contributed by atoms with Crippen molar-refractivity contribution in [2.75, 3.05) is 26.2 Å². The molecule has 1 aliphatic rings. The quantitative estimate of drug-likeness (QED) is 0.832. The molecule has 0 aromatic carbocycles. The van der Waals surface area contributed by atoms with Crippen molar-refractivity contribution in [2.24, 2.45) is 7.05 Å². The molecule has 0 aliphatic carbocycles. The van der Waals surface area contributed by atoms with Gasteiger partial charge in [-0.15, -0.1) is 0 Å². The highest BCUT2D eigenvalue weighted by Gasteiger charge is 2.27. The zero-order valence-electron chi connectivity index (χ0n) is 15.5. The molecular weight excluding hydrogens is 318 g/mol. The first kappa shape index (κ1) is 17.4. The number of piperazine rings is 1. The average molecular weight is 343 g/mol. The Morgan fingerprint density at radius 1 is 1.12 bits per heavy atom. The van der Waals surface area contributed by atoms with Crippen molar-refractivity contribution in [3.05, 3.63) is 23.0 Å². The van der Waals surface area contributed by atoms with E-state index in [1.807, 2.05) is 24.9 Å². The van der Waals surface area contributed by atoms with Crippen molar-refractivity contribution in [2.45, 2.75) is 33.6 Å². The van der Waals surface area contributed by atoms with Crippen LogP contribution in [0.3, 0.4) is 0 Å². The number of aryl methyl sites for hydroxylation is 2. The largest absolute Gasteiger partial charge is 0.339 e. The molecule has 3 rings (SSSR count). The normalized spacial score (nSPS) is 15.3. The van der Waals surface area contributed by atoms with Crippen LogP contribution in [-0.4, -0.2) is 62.6 Å². The first-order valence-electron chi connectivity index (χ1n) is 8.68. The lowest BCUT2D eigenvalue weighted by molar-refractivity contribution is -0.130. The maximum atomic E-state index is 13.2. The summed E-state index contributed by atoms with van der Waals surface area (Å²) in [7, 11) is 1.85. The number of nitrogens with zero attached hydrogens (tertiary/aromatic N) is 5. The van der Waals surface area contributed by atoms with Crippen molar-refractivity contribution in [1.82, 2.24) is 24.6 Å². The smallest absolute Gasteiger partial charge is 0.254 e. The molecule has 7 heteroatoms. The summed E-state index contributed by atoms with van der Waals surface area (Å²) >= 11 is 0. The van der Waals surface area contributed by atoms with Gasteiger partial charge in [-0.25, -0.2) is 4.98 Å². The summed E-state index contributed by atoms with van der Waals surface area (Å²) in [6.45, 7) is 9.88. The Morgan fingerprint density at radius 3 is 2.28 bits per heavy atom. The van der Waals surface area contributed by atoms with E-state index in [9.17, 15) is 9.59 Å². The zero-order valence-corrected chi connectivity index (χ0v) is 15.5. The van der Waals surface area contributed by atoms with Crippen LogP contribution in [0.2, 0.25) is 0 Å². The monoisotopic (exact) mass is 343 g/mol. The first-order chi connectivity index (χ1) is 11.8. The summed E-state index contributed by atoms with van der Waals surface area (Å²) < 4.78 is 1.74. The van der Waals surface area contributed by atoms with Crippen LogP contribution in [0.25, 0.3) is 11.0 Å². The molecule has 2 amide bonds. The van der Waals surface area contributed by atoms with Gasteiger partial charge in [-0.3, -0.25) is 14.3 Å². The Morgan fingerprint density at radius 2 is 1.72 bits per heavy atom. The van der Waals surface area contributed by atoms with Gasteiger partial charge in [0, 0.05) is 45.8 Å². The van der Waals surface area contributed by atoms with Gasteiger partial charge in [0.1, 0.15) is 0 Å². The van der Waals surface area contributed by atoms with Gasteiger partial charge in [0.05, 0.1) is 16.6 Å². The van der Waals surface area contributed by atoms with Gasteiger partial charge in [0.15, 0.2) is 5.65 Å². The van der Waals surface area contributed by atoms with Crippen molar-refractivity contribution < 1.29 is 9.59 Å². The van der Waals surface area contributed by atoms with Gasteiger partial charge in [-0.2, -0.15) is 5.10 Å². The summed E-state index contributed by atoms with van der Waals surface area (Å²) in [5.41, 5.74) is 3.11. The molecule has 1 aliphatic heterocycles. The second-order valence-electron chi connectivity index (χ2n) is 6.96. The van der Waals surface area contributed by atoms with Crippen LogP contribution < -0.4 is 0 Å².